The van der Waals surface area contributed by atoms with Crippen LogP contribution in [-0.4, -0.2) is 41.9 Å². The van der Waals surface area contributed by atoms with Gasteiger partial charge in [-0.2, -0.15) is 0 Å². The van der Waals surface area contributed by atoms with Gasteiger partial charge in [0, 0.05) is 29.0 Å². The van der Waals surface area contributed by atoms with E-state index in [0.29, 0.717) is 8.95 Å². The highest BCUT2D eigenvalue weighted by atomic mass is 79.9. The van der Waals surface area contributed by atoms with Crippen LogP contribution < -0.4 is 0 Å². The smallest absolute Gasteiger partial charge is 0.340 e. The summed E-state index contributed by atoms with van der Waals surface area (Å²) in [6.07, 6.45) is -1.60. The highest BCUT2D eigenvalue weighted by Crippen LogP contribution is 2.42. The SMILES string of the molecule is C=C(C)C(=O)OC(COC(=O)c1c(Br)c(Br)c(Br)c(Br)c1C(=O)O)OC(=O)C(=C)C. The lowest BCUT2D eigenvalue weighted by atomic mass is 10.1. The van der Waals surface area contributed by atoms with Crippen molar-refractivity contribution in [3.63, 3.8) is 0 Å². The molecular formula is C18H14Br4O8. The molecule has 0 saturated carbocycles. The minimum Gasteiger partial charge on any atom is -0.478 e. The minimum atomic E-state index is -1.60. The Morgan fingerprint density at radius 3 is 1.60 bits per heavy atom. The molecule has 12 heteroatoms. The van der Waals surface area contributed by atoms with Gasteiger partial charge in [-0.05, 0) is 77.6 Å². The summed E-state index contributed by atoms with van der Waals surface area (Å²) in [7, 11) is 0. The van der Waals surface area contributed by atoms with Crippen LogP contribution in [-0.2, 0) is 23.8 Å². The molecule has 0 spiro atoms. The van der Waals surface area contributed by atoms with E-state index in [2.05, 4.69) is 76.9 Å². The molecule has 0 saturated heterocycles. The zero-order chi connectivity index (χ0) is 23.3. The number of esters is 3. The fourth-order valence-corrected chi connectivity index (χ4v) is 4.22. The van der Waals surface area contributed by atoms with E-state index in [1.807, 2.05) is 0 Å². The van der Waals surface area contributed by atoms with E-state index in [1.165, 1.54) is 13.8 Å². The van der Waals surface area contributed by atoms with Crippen molar-refractivity contribution in [3.8, 4) is 0 Å². The summed E-state index contributed by atoms with van der Waals surface area (Å²) in [5, 5.41) is 9.52. The molecule has 0 heterocycles. The Morgan fingerprint density at radius 1 is 0.833 bits per heavy atom. The lowest BCUT2D eigenvalue weighted by Gasteiger charge is -2.19. The molecule has 1 aromatic carbocycles. The second kappa shape index (κ2) is 11.2. The fraction of sp³-hybridized carbons (Fsp3) is 0.222. The molecule has 0 aliphatic carbocycles. The van der Waals surface area contributed by atoms with Crippen molar-refractivity contribution in [2.75, 3.05) is 6.61 Å². The Morgan fingerprint density at radius 2 is 1.23 bits per heavy atom. The van der Waals surface area contributed by atoms with Gasteiger partial charge in [-0.25, -0.2) is 19.2 Å². The first-order valence-electron chi connectivity index (χ1n) is 7.78. The largest absolute Gasteiger partial charge is 0.478 e. The fourth-order valence-electron chi connectivity index (χ4n) is 1.77. The van der Waals surface area contributed by atoms with Crippen LogP contribution in [0.3, 0.4) is 0 Å². The summed E-state index contributed by atoms with van der Waals surface area (Å²) in [6, 6.07) is 0. The highest BCUT2D eigenvalue weighted by Gasteiger charge is 2.30. The van der Waals surface area contributed by atoms with Gasteiger partial charge in [0.05, 0.1) is 11.1 Å². The molecular weight excluding hydrogens is 664 g/mol. The molecule has 1 aromatic rings. The summed E-state index contributed by atoms with van der Waals surface area (Å²) in [6.45, 7) is 8.87. The zero-order valence-corrected chi connectivity index (χ0v) is 21.9. The monoisotopic (exact) mass is 674 g/mol. The number of rotatable bonds is 8. The highest BCUT2D eigenvalue weighted by molar-refractivity contribution is 9.15. The number of ether oxygens (including phenoxy) is 3. The van der Waals surface area contributed by atoms with Crippen LogP contribution >= 0.6 is 63.7 Å². The van der Waals surface area contributed by atoms with Crippen molar-refractivity contribution in [1.29, 1.82) is 0 Å². The predicted octanol–water partition coefficient (Wildman–Crippen LogP) is 5.16. The molecule has 8 nitrogen and oxygen atoms in total. The first-order valence-corrected chi connectivity index (χ1v) is 11.0. The molecule has 0 bridgehead atoms. The molecule has 0 fully saturated rings. The average Bonchev–Trinajstić information content (AvgIpc) is 2.65. The van der Waals surface area contributed by atoms with Crippen molar-refractivity contribution < 1.29 is 38.5 Å². The first kappa shape index (κ1) is 26.5. The maximum absolute atomic E-state index is 12.7. The van der Waals surface area contributed by atoms with E-state index in [1.54, 1.807) is 0 Å². The molecule has 0 unspecified atom stereocenters. The van der Waals surface area contributed by atoms with Gasteiger partial charge in [0.1, 0.15) is 0 Å². The molecule has 30 heavy (non-hydrogen) atoms. The summed E-state index contributed by atoms with van der Waals surface area (Å²) in [5.74, 6) is -4.24. The van der Waals surface area contributed by atoms with Crippen LogP contribution in [0.25, 0.3) is 0 Å². The number of benzene rings is 1. The predicted molar refractivity (Wildman–Crippen MR) is 120 cm³/mol. The summed E-state index contributed by atoms with van der Waals surface area (Å²) in [4.78, 5) is 47.9. The lowest BCUT2D eigenvalue weighted by molar-refractivity contribution is -0.188. The molecule has 0 aliphatic heterocycles. The molecule has 0 radical (unpaired) electrons. The molecule has 0 atom stereocenters. The molecule has 162 valence electrons. The number of carboxylic acid groups (broad SMARTS) is 1. The van der Waals surface area contributed by atoms with E-state index in [-0.39, 0.29) is 31.2 Å². The van der Waals surface area contributed by atoms with Gasteiger partial charge in [0.25, 0.3) is 6.29 Å². The quantitative estimate of drug-likeness (QED) is 0.132. The third kappa shape index (κ3) is 6.50. The van der Waals surface area contributed by atoms with Gasteiger partial charge >= 0.3 is 23.9 Å². The van der Waals surface area contributed by atoms with Crippen LogP contribution in [0.2, 0.25) is 0 Å². The normalized spacial score (nSPS) is 10.4. The van der Waals surface area contributed by atoms with Gasteiger partial charge in [0.2, 0.25) is 0 Å². The van der Waals surface area contributed by atoms with Gasteiger partial charge in [-0.3, -0.25) is 0 Å². The minimum absolute atomic E-state index is 0.0226. The van der Waals surface area contributed by atoms with Gasteiger partial charge in [-0.1, -0.05) is 13.2 Å². The molecule has 0 amide bonds. The Bertz CT molecular complexity index is 926. The van der Waals surface area contributed by atoms with Crippen molar-refractivity contribution in [2.24, 2.45) is 0 Å². The number of halogens is 4. The van der Waals surface area contributed by atoms with Crippen LogP contribution in [0.4, 0.5) is 0 Å². The Balaban J connectivity index is 3.21. The van der Waals surface area contributed by atoms with Gasteiger partial charge in [0.15, 0.2) is 6.61 Å². The van der Waals surface area contributed by atoms with Crippen molar-refractivity contribution in [1.82, 2.24) is 0 Å². The summed E-state index contributed by atoms with van der Waals surface area (Å²) in [5.41, 5.74) is -0.652. The Labute approximate surface area is 205 Å². The number of carbonyl (C=O) groups is 4. The second-order valence-electron chi connectivity index (χ2n) is 5.71. The average molecular weight is 678 g/mol. The Hall–Kier alpha value is -1.50. The van der Waals surface area contributed by atoms with E-state index < -0.39 is 36.8 Å². The third-order valence-electron chi connectivity index (χ3n) is 3.21. The molecule has 0 aromatic heterocycles. The van der Waals surface area contributed by atoms with E-state index in [0.717, 1.165) is 0 Å². The number of hydrogen-bond donors (Lipinski definition) is 1. The third-order valence-corrected chi connectivity index (χ3v) is 7.98. The van der Waals surface area contributed by atoms with Gasteiger partial charge < -0.3 is 19.3 Å². The number of aromatic carboxylic acids is 1. The second-order valence-corrected chi connectivity index (χ2v) is 8.88. The van der Waals surface area contributed by atoms with Gasteiger partial charge in [-0.15, -0.1) is 0 Å². The topological polar surface area (TPSA) is 116 Å². The maximum atomic E-state index is 12.7. The van der Waals surface area contributed by atoms with Crippen molar-refractivity contribution >= 4 is 87.6 Å². The van der Waals surface area contributed by atoms with Crippen molar-refractivity contribution in [3.05, 3.63) is 53.3 Å². The number of carbonyl (C=O) groups excluding carboxylic acids is 3. The lowest BCUT2D eigenvalue weighted by Crippen LogP contribution is -2.31. The molecule has 1 N–H and O–H groups in total. The number of carboxylic acids is 1. The Kier molecular flexibility index (Phi) is 9.92. The zero-order valence-electron chi connectivity index (χ0n) is 15.5. The molecule has 1 rings (SSSR count). The standard InChI is InChI=1S/C18H14Br4O8/c1-6(2)16(25)29-8(30-17(26)7(3)4)5-28-18(27)10-9(15(23)24)11(19)13(21)14(22)12(10)20/h8H,1,3,5H2,2,4H3,(H,23,24). The molecule has 0 aliphatic rings. The van der Waals surface area contributed by atoms with Crippen LogP contribution in [0, 0.1) is 0 Å². The first-order chi connectivity index (χ1) is 13.8. The van der Waals surface area contributed by atoms with E-state index >= 15 is 0 Å². The maximum Gasteiger partial charge on any atom is 0.340 e. The van der Waals surface area contributed by atoms with Crippen LogP contribution in [0.5, 0.6) is 0 Å². The summed E-state index contributed by atoms with van der Waals surface area (Å²) < 4.78 is 15.9. The summed E-state index contributed by atoms with van der Waals surface area (Å²) >= 11 is 12.7. The van der Waals surface area contributed by atoms with Crippen LogP contribution in [0.15, 0.2) is 42.2 Å². The number of hydrogen-bond acceptors (Lipinski definition) is 7. The van der Waals surface area contributed by atoms with Crippen LogP contribution in [0.1, 0.15) is 34.6 Å². The van der Waals surface area contributed by atoms with E-state index in [4.69, 9.17) is 14.2 Å². The van der Waals surface area contributed by atoms with E-state index in [9.17, 15) is 24.3 Å². The van der Waals surface area contributed by atoms with Crippen molar-refractivity contribution in [2.45, 2.75) is 20.1 Å².